The monoisotopic (exact) mass is 332 g/mol. The van der Waals surface area contributed by atoms with Crippen LogP contribution in [0.4, 0.5) is 5.69 Å². The lowest BCUT2D eigenvalue weighted by Crippen LogP contribution is -2.55. The molecule has 0 N–H and O–H groups in total. The molecule has 1 aliphatic heterocycles. The molecule has 1 atom stereocenters. The largest absolute Gasteiger partial charge is 0.306 e. The van der Waals surface area contributed by atoms with Crippen LogP contribution in [0.15, 0.2) is 46.0 Å². The maximum atomic E-state index is 12.7. The predicted octanol–water partition coefficient (Wildman–Crippen LogP) is 3.71. The van der Waals surface area contributed by atoms with E-state index in [2.05, 4.69) is 47.0 Å². The van der Waals surface area contributed by atoms with Gasteiger partial charge < -0.3 is 4.90 Å². The second-order valence-electron chi connectivity index (χ2n) is 5.59. The van der Waals surface area contributed by atoms with E-state index < -0.39 is 0 Å². The van der Waals surface area contributed by atoms with E-state index in [4.69, 9.17) is 0 Å². The molecule has 116 valence electrons. The number of rotatable bonds is 4. The predicted molar refractivity (Wildman–Crippen MR) is 94.8 cm³/mol. The van der Waals surface area contributed by atoms with Crippen LogP contribution in [-0.2, 0) is 11.3 Å². The molecule has 2 aromatic rings. The third-order valence-corrected chi connectivity index (χ3v) is 5.44. The molecule has 3 nitrogen and oxygen atoms in total. The van der Waals surface area contributed by atoms with Crippen LogP contribution in [0.1, 0.15) is 12.5 Å². The third kappa shape index (κ3) is 3.21. The Balaban J connectivity index is 1.77. The smallest absolute Gasteiger partial charge is 0.241 e. The number of para-hydroxylation sites is 1. The van der Waals surface area contributed by atoms with Crippen molar-refractivity contribution >= 4 is 34.7 Å². The Morgan fingerprint density at radius 2 is 2.14 bits per heavy atom. The second-order valence-corrected chi connectivity index (χ2v) is 7.21. The van der Waals surface area contributed by atoms with Crippen molar-refractivity contribution in [1.82, 2.24) is 4.90 Å². The number of thioether (sulfide) groups is 1. The minimum Gasteiger partial charge on any atom is -0.306 e. The van der Waals surface area contributed by atoms with Crippen LogP contribution in [0.3, 0.4) is 0 Å². The molecule has 0 radical (unpaired) electrons. The van der Waals surface area contributed by atoms with Crippen LogP contribution in [0, 0.1) is 0 Å². The van der Waals surface area contributed by atoms with Crippen LogP contribution in [0.2, 0.25) is 0 Å². The molecular formula is C17H20N2OS2. The van der Waals surface area contributed by atoms with Gasteiger partial charge in [-0.2, -0.15) is 11.3 Å². The quantitative estimate of drug-likeness (QED) is 0.798. The van der Waals surface area contributed by atoms with E-state index in [0.29, 0.717) is 6.54 Å². The fourth-order valence-corrected chi connectivity index (χ4v) is 4.24. The van der Waals surface area contributed by atoms with E-state index in [9.17, 15) is 4.79 Å². The van der Waals surface area contributed by atoms with Gasteiger partial charge in [0, 0.05) is 24.0 Å². The molecule has 1 aromatic carbocycles. The fraction of sp³-hybridized carbons (Fsp3) is 0.353. The summed E-state index contributed by atoms with van der Waals surface area (Å²) in [6, 6.07) is 10.5. The zero-order valence-corrected chi connectivity index (χ0v) is 14.5. The van der Waals surface area contributed by atoms with Crippen molar-refractivity contribution in [2.75, 3.05) is 24.2 Å². The van der Waals surface area contributed by atoms with Gasteiger partial charge in [-0.25, -0.2) is 0 Å². The van der Waals surface area contributed by atoms with Crippen LogP contribution in [-0.4, -0.2) is 36.2 Å². The van der Waals surface area contributed by atoms with E-state index in [1.165, 1.54) is 5.56 Å². The maximum Gasteiger partial charge on any atom is 0.241 e. The Kier molecular flexibility index (Phi) is 4.86. The molecule has 0 bridgehead atoms. The summed E-state index contributed by atoms with van der Waals surface area (Å²) in [6.45, 7) is 4.39. The highest BCUT2D eigenvalue weighted by molar-refractivity contribution is 7.98. The van der Waals surface area contributed by atoms with E-state index in [-0.39, 0.29) is 11.9 Å². The highest BCUT2D eigenvalue weighted by atomic mass is 32.2. The lowest BCUT2D eigenvalue weighted by Gasteiger charge is -2.40. The third-order valence-electron chi connectivity index (χ3n) is 3.92. The van der Waals surface area contributed by atoms with Gasteiger partial charge in [0.05, 0.1) is 12.2 Å². The number of hydrogen-bond donors (Lipinski definition) is 0. The van der Waals surface area contributed by atoms with E-state index in [0.717, 1.165) is 23.7 Å². The Morgan fingerprint density at radius 3 is 2.82 bits per heavy atom. The molecule has 1 aromatic heterocycles. The summed E-state index contributed by atoms with van der Waals surface area (Å²) in [7, 11) is 0. The topological polar surface area (TPSA) is 23.6 Å². The van der Waals surface area contributed by atoms with Gasteiger partial charge in [0.15, 0.2) is 0 Å². The van der Waals surface area contributed by atoms with E-state index >= 15 is 0 Å². The molecule has 0 aliphatic carbocycles. The van der Waals surface area contributed by atoms with Crippen LogP contribution in [0.25, 0.3) is 0 Å². The minimum absolute atomic E-state index is 0.188. The number of nitrogens with zero attached hydrogens (tertiary/aromatic N) is 2. The van der Waals surface area contributed by atoms with Gasteiger partial charge in [-0.15, -0.1) is 11.8 Å². The summed E-state index contributed by atoms with van der Waals surface area (Å²) in [4.78, 5) is 18.1. The van der Waals surface area contributed by atoms with Crippen molar-refractivity contribution in [3.8, 4) is 0 Å². The molecule has 3 rings (SSSR count). The first-order valence-electron chi connectivity index (χ1n) is 7.37. The van der Waals surface area contributed by atoms with Gasteiger partial charge in [-0.3, -0.25) is 9.69 Å². The molecule has 1 saturated heterocycles. The second kappa shape index (κ2) is 6.86. The lowest BCUT2D eigenvalue weighted by molar-refractivity contribution is -0.122. The number of carbonyl (C=O) groups excluding carboxylic acids is 1. The Morgan fingerprint density at radius 1 is 1.32 bits per heavy atom. The molecular weight excluding hydrogens is 312 g/mol. The SMILES string of the molecule is CSc1ccccc1N1C(=O)CN(Cc2ccsc2)C[C@@H]1C. The van der Waals surface area contributed by atoms with Gasteiger partial charge in [0.2, 0.25) is 5.91 Å². The van der Waals surface area contributed by atoms with Crippen LogP contribution < -0.4 is 4.90 Å². The number of benzene rings is 1. The van der Waals surface area contributed by atoms with Crippen molar-refractivity contribution < 1.29 is 4.79 Å². The van der Waals surface area contributed by atoms with Gasteiger partial charge in [-0.05, 0) is 47.7 Å². The van der Waals surface area contributed by atoms with Crippen molar-refractivity contribution in [2.45, 2.75) is 24.4 Å². The summed E-state index contributed by atoms with van der Waals surface area (Å²) in [5.74, 6) is 0.190. The molecule has 1 aliphatic rings. The highest BCUT2D eigenvalue weighted by Crippen LogP contribution is 2.31. The average Bonchev–Trinajstić information content (AvgIpc) is 3.00. The molecule has 22 heavy (non-hydrogen) atoms. The fourth-order valence-electron chi connectivity index (χ4n) is 2.99. The Labute approximate surface area is 139 Å². The first-order valence-corrected chi connectivity index (χ1v) is 9.54. The number of piperazine rings is 1. The van der Waals surface area contributed by atoms with Crippen molar-refractivity contribution in [3.63, 3.8) is 0 Å². The van der Waals surface area contributed by atoms with Gasteiger partial charge >= 0.3 is 0 Å². The summed E-state index contributed by atoms with van der Waals surface area (Å²) < 4.78 is 0. The van der Waals surface area contributed by atoms with Gasteiger partial charge in [-0.1, -0.05) is 12.1 Å². The first kappa shape index (κ1) is 15.6. The van der Waals surface area contributed by atoms with Crippen LogP contribution >= 0.6 is 23.1 Å². The Bertz CT molecular complexity index is 642. The summed E-state index contributed by atoms with van der Waals surface area (Å²) in [5, 5.41) is 4.25. The molecule has 0 saturated carbocycles. The number of hydrogen-bond acceptors (Lipinski definition) is 4. The molecule has 0 unspecified atom stereocenters. The average molecular weight is 332 g/mol. The zero-order chi connectivity index (χ0) is 15.5. The van der Waals surface area contributed by atoms with Crippen molar-refractivity contribution in [3.05, 3.63) is 46.7 Å². The standard InChI is InChI=1S/C17H20N2OS2/c1-13-9-18(10-14-7-8-22-12-14)11-17(20)19(13)15-5-3-4-6-16(15)21-2/h3-8,12-13H,9-11H2,1-2H3/t13-/m0/s1. The summed E-state index contributed by atoms with van der Waals surface area (Å²) >= 11 is 3.40. The molecule has 0 spiro atoms. The zero-order valence-electron chi connectivity index (χ0n) is 12.9. The van der Waals surface area contributed by atoms with Gasteiger partial charge in [0.1, 0.15) is 0 Å². The molecule has 5 heteroatoms. The lowest BCUT2D eigenvalue weighted by atomic mass is 10.1. The van der Waals surface area contributed by atoms with E-state index in [1.807, 2.05) is 17.0 Å². The van der Waals surface area contributed by atoms with Gasteiger partial charge in [0.25, 0.3) is 0 Å². The number of amides is 1. The first-order chi connectivity index (χ1) is 10.7. The van der Waals surface area contributed by atoms with Crippen molar-refractivity contribution in [1.29, 1.82) is 0 Å². The number of thiophene rings is 1. The molecule has 1 amide bonds. The normalized spacial score (nSPS) is 19.6. The summed E-state index contributed by atoms with van der Waals surface area (Å²) in [6.07, 6.45) is 2.06. The Hall–Kier alpha value is -1.30. The molecule has 2 heterocycles. The minimum atomic E-state index is 0.188. The number of anilines is 1. The summed E-state index contributed by atoms with van der Waals surface area (Å²) in [5.41, 5.74) is 2.34. The van der Waals surface area contributed by atoms with Crippen LogP contribution in [0.5, 0.6) is 0 Å². The van der Waals surface area contributed by atoms with Crippen molar-refractivity contribution in [2.24, 2.45) is 0 Å². The molecule has 1 fully saturated rings. The highest BCUT2D eigenvalue weighted by Gasteiger charge is 2.31. The maximum absolute atomic E-state index is 12.7. The number of carbonyl (C=O) groups is 1. The van der Waals surface area contributed by atoms with E-state index in [1.54, 1.807) is 23.1 Å².